The molecule has 104 valence electrons. The molecule has 4 heteroatoms. The number of nitrogens with zero attached hydrogens (tertiary/aromatic N) is 1. The second-order valence-electron chi connectivity index (χ2n) is 4.67. The fourth-order valence-electron chi connectivity index (χ4n) is 2.28. The third kappa shape index (κ3) is 3.50. The molecule has 0 amide bonds. The largest absolute Gasteiger partial charge is 0.356 e. The molecule has 0 atom stereocenters. The third-order valence-electron chi connectivity index (χ3n) is 3.52. The van der Waals surface area contributed by atoms with E-state index in [1.165, 1.54) is 0 Å². The molecule has 0 spiro atoms. The van der Waals surface area contributed by atoms with Gasteiger partial charge in [0.05, 0.1) is 5.02 Å². The van der Waals surface area contributed by atoms with Gasteiger partial charge >= 0.3 is 0 Å². The molecule has 0 aliphatic carbocycles. The maximum atomic E-state index is 6.37. The van der Waals surface area contributed by atoms with Gasteiger partial charge in [-0.2, -0.15) is 0 Å². The summed E-state index contributed by atoms with van der Waals surface area (Å²) >= 11 is 6.37. The Morgan fingerprint density at radius 3 is 2.63 bits per heavy atom. The van der Waals surface area contributed by atoms with E-state index in [4.69, 9.17) is 11.6 Å². The van der Waals surface area contributed by atoms with Crippen LogP contribution in [0.3, 0.4) is 0 Å². The second-order valence-corrected chi connectivity index (χ2v) is 5.04. The summed E-state index contributed by atoms with van der Waals surface area (Å²) in [4.78, 5) is 5.77. The third-order valence-corrected chi connectivity index (χ3v) is 3.95. The molecule has 2 aromatic rings. The van der Waals surface area contributed by atoms with Gasteiger partial charge in [-0.15, -0.1) is 0 Å². The van der Waals surface area contributed by atoms with E-state index >= 15 is 0 Å². The molecule has 0 saturated carbocycles. The molecule has 19 heavy (non-hydrogen) atoms. The normalized spacial score (nSPS) is 11.6. The first kappa shape index (κ1) is 14.4. The maximum absolute atomic E-state index is 6.37. The number of H-pyrrole nitrogens is 1. The van der Waals surface area contributed by atoms with Crippen LogP contribution in [0.15, 0.2) is 24.3 Å². The fraction of sp³-hybridized carbons (Fsp3) is 0.467. The Morgan fingerprint density at radius 1 is 1.21 bits per heavy atom. The smallest absolute Gasteiger partial charge is 0.0705 e. The van der Waals surface area contributed by atoms with Gasteiger partial charge < -0.3 is 15.2 Å². The van der Waals surface area contributed by atoms with Gasteiger partial charge in [-0.25, -0.2) is 0 Å². The topological polar surface area (TPSA) is 31.1 Å². The molecule has 1 aromatic heterocycles. The number of rotatable bonds is 7. The molecule has 0 fully saturated rings. The molecule has 1 aromatic carbocycles. The van der Waals surface area contributed by atoms with E-state index in [1.807, 2.05) is 18.2 Å². The Balaban J connectivity index is 1.90. The van der Waals surface area contributed by atoms with Crippen LogP contribution in [0.25, 0.3) is 10.9 Å². The molecular formula is C15H22ClN3. The number of aromatic amines is 1. The van der Waals surface area contributed by atoms with Gasteiger partial charge in [0, 0.05) is 36.2 Å². The molecule has 0 bridgehead atoms. The molecule has 0 radical (unpaired) electrons. The fourth-order valence-corrected chi connectivity index (χ4v) is 2.55. The highest BCUT2D eigenvalue weighted by atomic mass is 35.5. The van der Waals surface area contributed by atoms with Crippen LogP contribution in [0.1, 0.15) is 19.5 Å². The van der Waals surface area contributed by atoms with Crippen LogP contribution in [0, 0.1) is 0 Å². The van der Waals surface area contributed by atoms with Crippen LogP contribution in [0.5, 0.6) is 0 Å². The zero-order chi connectivity index (χ0) is 13.7. The molecular weight excluding hydrogens is 258 g/mol. The highest BCUT2D eigenvalue weighted by Crippen LogP contribution is 2.26. The summed E-state index contributed by atoms with van der Waals surface area (Å²) in [5.41, 5.74) is 2.18. The van der Waals surface area contributed by atoms with Crippen molar-refractivity contribution in [2.24, 2.45) is 0 Å². The van der Waals surface area contributed by atoms with Crippen LogP contribution < -0.4 is 5.32 Å². The SMILES string of the molecule is CCN(CC)CCNCc1[nH]c2ccccc2c1Cl. The summed E-state index contributed by atoms with van der Waals surface area (Å²) in [7, 11) is 0. The number of likely N-dealkylation sites (N-methyl/N-ethyl adjacent to an activating group) is 1. The minimum Gasteiger partial charge on any atom is -0.356 e. The lowest BCUT2D eigenvalue weighted by Gasteiger charge is -2.17. The van der Waals surface area contributed by atoms with E-state index in [0.717, 1.165) is 54.3 Å². The predicted molar refractivity (Wildman–Crippen MR) is 82.8 cm³/mol. The lowest BCUT2D eigenvalue weighted by Crippen LogP contribution is -2.31. The quantitative estimate of drug-likeness (QED) is 0.763. The van der Waals surface area contributed by atoms with Crippen molar-refractivity contribution in [3.8, 4) is 0 Å². The zero-order valence-electron chi connectivity index (χ0n) is 11.7. The van der Waals surface area contributed by atoms with Crippen molar-refractivity contribution >= 4 is 22.5 Å². The van der Waals surface area contributed by atoms with Crippen LogP contribution in [-0.2, 0) is 6.54 Å². The summed E-state index contributed by atoms with van der Waals surface area (Å²) in [5.74, 6) is 0. The zero-order valence-corrected chi connectivity index (χ0v) is 12.4. The van der Waals surface area contributed by atoms with Crippen molar-refractivity contribution in [3.05, 3.63) is 35.0 Å². The number of benzene rings is 1. The number of hydrogen-bond acceptors (Lipinski definition) is 2. The van der Waals surface area contributed by atoms with Crippen LogP contribution in [0.2, 0.25) is 5.02 Å². The Kier molecular flexibility index (Phi) is 5.25. The molecule has 0 unspecified atom stereocenters. The minimum atomic E-state index is 0.786. The first-order valence-electron chi connectivity index (χ1n) is 6.94. The summed E-state index contributed by atoms with van der Waals surface area (Å²) in [6, 6.07) is 8.14. The van der Waals surface area contributed by atoms with Crippen LogP contribution in [0.4, 0.5) is 0 Å². The monoisotopic (exact) mass is 279 g/mol. The van der Waals surface area contributed by atoms with E-state index in [2.05, 4.69) is 35.1 Å². The van der Waals surface area contributed by atoms with Crippen molar-refractivity contribution in [1.29, 1.82) is 0 Å². The van der Waals surface area contributed by atoms with E-state index in [-0.39, 0.29) is 0 Å². The lowest BCUT2D eigenvalue weighted by atomic mass is 10.2. The Labute approximate surface area is 119 Å². The van der Waals surface area contributed by atoms with Gasteiger partial charge in [-0.1, -0.05) is 43.6 Å². The van der Waals surface area contributed by atoms with E-state index in [9.17, 15) is 0 Å². The number of para-hydroxylation sites is 1. The number of halogens is 1. The van der Waals surface area contributed by atoms with Gasteiger partial charge in [0.25, 0.3) is 0 Å². The molecule has 1 heterocycles. The molecule has 3 nitrogen and oxygen atoms in total. The molecule has 0 saturated heterocycles. The summed E-state index contributed by atoms with van der Waals surface area (Å²) in [6.45, 7) is 9.43. The van der Waals surface area contributed by atoms with Crippen molar-refractivity contribution < 1.29 is 0 Å². The van der Waals surface area contributed by atoms with Crippen molar-refractivity contribution in [2.45, 2.75) is 20.4 Å². The molecule has 0 aliphatic rings. The summed E-state index contributed by atoms with van der Waals surface area (Å²) in [5, 5.41) is 5.39. The van der Waals surface area contributed by atoms with Gasteiger partial charge in [0.15, 0.2) is 0 Å². The average Bonchev–Trinajstić information content (AvgIpc) is 2.76. The van der Waals surface area contributed by atoms with E-state index in [1.54, 1.807) is 0 Å². The lowest BCUT2D eigenvalue weighted by molar-refractivity contribution is 0.302. The van der Waals surface area contributed by atoms with Gasteiger partial charge in [0.2, 0.25) is 0 Å². The maximum Gasteiger partial charge on any atom is 0.0705 e. The number of hydrogen-bond donors (Lipinski definition) is 2. The first-order valence-corrected chi connectivity index (χ1v) is 7.32. The van der Waals surface area contributed by atoms with Crippen LogP contribution in [-0.4, -0.2) is 36.1 Å². The van der Waals surface area contributed by atoms with Gasteiger partial charge in [0.1, 0.15) is 0 Å². The van der Waals surface area contributed by atoms with E-state index < -0.39 is 0 Å². The molecule has 2 rings (SSSR count). The van der Waals surface area contributed by atoms with Crippen LogP contribution >= 0.6 is 11.6 Å². The Morgan fingerprint density at radius 2 is 1.95 bits per heavy atom. The van der Waals surface area contributed by atoms with Crippen molar-refractivity contribution in [2.75, 3.05) is 26.2 Å². The van der Waals surface area contributed by atoms with Crippen molar-refractivity contribution in [3.63, 3.8) is 0 Å². The highest BCUT2D eigenvalue weighted by molar-refractivity contribution is 6.36. The molecule has 0 aliphatic heterocycles. The standard InChI is InChI=1S/C15H22ClN3/c1-3-19(4-2)10-9-17-11-14-15(16)12-7-5-6-8-13(12)18-14/h5-8,17-18H,3-4,9-11H2,1-2H3. The van der Waals surface area contributed by atoms with Gasteiger partial charge in [-0.05, 0) is 19.2 Å². The highest BCUT2D eigenvalue weighted by Gasteiger charge is 2.08. The Bertz CT molecular complexity index is 517. The Hall–Kier alpha value is -1.03. The second kappa shape index (κ2) is 6.94. The first-order chi connectivity index (χ1) is 9.26. The minimum absolute atomic E-state index is 0.786. The number of nitrogens with one attached hydrogen (secondary N) is 2. The van der Waals surface area contributed by atoms with Gasteiger partial charge in [-0.3, -0.25) is 0 Å². The summed E-state index contributed by atoms with van der Waals surface area (Å²) in [6.07, 6.45) is 0. The molecule has 2 N–H and O–H groups in total. The average molecular weight is 280 g/mol. The summed E-state index contributed by atoms with van der Waals surface area (Å²) < 4.78 is 0. The predicted octanol–water partition coefficient (Wildman–Crippen LogP) is 3.25. The van der Waals surface area contributed by atoms with Crippen molar-refractivity contribution in [1.82, 2.24) is 15.2 Å². The number of aromatic nitrogens is 1. The van der Waals surface area contributed by atoms with E-state index in [0.29, 0.717) is 0 Å². The number of fused-ring (bicyclic) bond motifs is 1.